The first-order valence-electron chi connectivity index (χ1n) is 7.68. The Balaban J connectivity index is 1.50. The summed E-state index contributed by atoms with van der Waals surface area (Å²) in [5.41, 5.74) is 0.571. The third-order valence-corrected chi connectivity index (χ3v) is 4.01. The maximum absolute atomic E-state index is 12.0. The number of hydrogen-bond donors (Lipinski definition) is 1. The summed E-state index contributed by atoms with van der Waals surface area (Å²) in [6.45, 7) is 0.835. The van der Waals surface area contributed by atoms with Crippen molar-refractivity contribution in [3.63, 3.8) is 0 Å². The van der Waals surface area contributed by atoms with Crippen molar-refractivity contribution in [1.82, 2.24) is 10.1 Å². The van der Waals surface area contributed by atoms with Gasteiger partial charge in [0.15, 0.2) is 5.82 Å². The van der Waals surface area contributed by atoms with E-state index in [1.54, 1.807) is 24.3 Å². The second-order valence-electron chi connectivity index (χ2n) is 5.48. The average molecular weight is 336 g/mol. The Kier molecular flexibility index (Phi) is 5.25. The number of anilines is 1. The first-order valence-corrected chi connectivity index (χ1v) is 8.06. The molecule has 1 aliphatic heterocycles. The molecule has 3 rings (SSSR count). The summed E-state index contributed by atoms with van der Waals surface area (Å²) < 4.78 is 10.7. The quantitative estimate of drug-likeness (QED) is 0.878. The topological polar surface area (TPSA) is 77.2 Å². The second-order valence-corrected chi connectivity index (χ2v) is 5.89. The van der Waals surface area contributed by atoms with Crippen LogP contribution in [-0.4, -0.2) is 28.8 Å². The Bertz CT molecular complexity index is 668. The van der Waals surface area contributed by atoms with E-state index in [4.69, 9.17) is 20.9 Å². The van der Waals surface area contributed by atoms with Crippen molar-refractivity contribution < 1.29 is 14.1 Å². The van der Waals surface area contributed by atoms with Crippen molar-refractivity contribution in [2.45, 2.75) is 38.2 Å². The van der Waals surface area contributed by atoms with Gasteiger partial charge in [-0.2, -0.15) is 4.98 Å². The number of ether oxygens (including phenoxy) is 1. The molecule has 1 amide bonds. The van der Waals surface area contributed by atoms with E-state index in [9.17, 15) is 4.79 Å². The van der Waals surface area contributed by atoms with Gasteiger partial charge in [-0.15, -0.1) is 0 Å². The molecule has 1 saturated heterocycles. The summed E-state index contributed by atoms with van der Waals surface area (Å²) in [6, 6.07) is 7.06. The van der Waals surface area contributed by atoms with E-state index in [2.05, 4.69) is 15.5 Å². The predicted molar refractivity (Wildman–Crippen MR) is 85.4 cm³/mol. The largest absolute Gasteiger partial charge is 0.378 e. The number of aryl methyl sites for hydroxylation is 1. The first-order chi connectivity index (χ1) is 11.2. The smallest absolute Gasteiger partial charge is 0.232 e. The number of nitrogens with one attached hydrogen (secondary N) is 1. The Hall–Kier alpha value is -1.92. The number of para-hydroxylation sites is 1. The van der Waals surface area contributed by atoms with Gasteiger partial charge in [0.25, 0.3) is 0 Å². The molecule has 1 fully saturated rings. The van der Waals surface area contributed by atoms with Crippen molar-refractivity contribution in [3.8, 4) is 0 Å². The molecule has 1 aliphatic rings. The predicted octanol–water partition coefficient (Wildman–Crippen LogP) is 3.02. The lowest BCUT2D eigenvalue weighted by molar-refractivity contribution is -0.115. The highest BCUT2D eigenvalue weighted by atomic mass is 35.5. The number of hydrogen-bond acceptors (Lipinski definition) is 5. The molecule has 1 N–H and O–H groups in total. The summed E-state index contributed by atoms with van der Waals surface area (Å²) in [5.74, 6) is 0.683. The zero-order chi connectivity index (χ0) is 16.1. The fraction of sp³-hybridized carbons (Fsp3) is 0.438. The molecule has 0 spiro atoms. The number of amides is 1. The normalized spacial score (nSPS) is 17.3. The molecule has 7 heteroatoms. The average Bonchev–Trinajstić information content (AvgIpc) is 3.19. The van der Waals surface area contributed by atoms with Gasteiger partial charge in [-0.1, -0.05) is 28.9 Å². The SMILES string of the molecule is O=C(Cc1noc(CC[C@H]2CCCO2)n1)Nc1ccccc1Cl. The molecule has 1 atom stereocenters. The maximum atomic E-state index is 12.0. The summed E-state index contributed by atoms with van der Waals surface area (Å²) >= 11 is 6.00. The van der Waals surface area contributed by atoms with Gasteiger partial charge in [-0.3, -0.25) is 4.79 Å². The van der Waals surface area contributed by atoms with Gasteiger partial charge in [0.1, 0.15) is 0 Å². The minimum absolute atomic E-state index is 0.0502. The van der Waals surface area contributed by atoms with E-state index in [1.165, 1.54) is 0 Å². The summed E-state index contributed by atoms with van der Waals surface area (Å²) in [5, 5.41) is 7.07. The van der Waals surface area contributed by atoms with E-state index in [1.807, 2.05) is 0 Å². The Morgan fingerprint density at radius 3 is 3.04 bits per heavy atom. The van der Waals surface area contributed by atoms with Crippen LogP contribution in [0.4, 0.5) is 5.69 Å². The van der Waals surface area contributed by atoms with Crippen LogP contribution in [0.1, 0.15) is 31.0 Å². The van der Waals surface area contributed by atoms with Crippen molar-refractivity contribution >= 4 is 23.2 Å². The van der Waals surface area contributed by atoms with Crippen LogP contribution < -0.4 is 5.32 Å². The first kappa shape index (κ1) is 16.0. The number of benzene rings is 1. The molecular formula is C16H18ClN3O3. The van der Waals surface area contributed by atoms with Crippen LogP contribution in [0.3, 0.4) is 0 Å². The highest BCUT2D eigenvalue weighted by molar-refractivity contribution is 6.33. The Morgan fingerprint density at radius 2 is 2.26 bits per heavy atom. The molecule has 23 heavy (non-hydrogen) atoms. The minimum Gasteiger partial charge on any atom is -0.378 e. The number of carbonyl (C=O) groups excluding carboxylic acids is 1. The number of nitrogens with zero attached hydrogens (tertiary/aromatic N) is 2. The molecular weight excluding hydrogens is 318 g/mol. The van der Waals surface area contributed by atoms with Gasteiger partial charge in [-0.05, 0) is 31.4 Å². The van der Waals surface area contributed by atoms with Crippen molar-refractivity contribution in [3.05, 3.63) is 41.0 Å². The van der Waals surface area contributed by atoms with E-state index in [0.29, 0.717) is 28.8 Å². The molecule has 0 aliphatic carbocycles. The van der Waals surface area contributed by atoms with Crippen LogP contribution in [0.5, 0.6) is 0 Å². The number of halogens is 1. The number of aromatic nitrogens is 2. The lowest BCUT2D eigenvalue weighted by Crippen LogP contribution is -2.15. The number of rotatable bonds is 6. The third-order valence-electron chi connectivity index (χ3n) is 3.68. The fourth-order valence-corrected chi connectivity index (χ4v) is 2.70. The lowest BCUT2D eigenvalue weighted by Gasteiger charge is -2.05. The minimum atomic E-state index is -0.232. The van der Waals surface area contributed by atoms with Gasteiger partial charge in [0, 0.05) is 13.0 Å². The Labute approximate surface area is 139 Å². The van der Waals surface area contributed by atoms with E-state index in [0.717, 1.165) is 25.9 Å². The maximum Gasteiger partial charge on any atom is 0.232 e. The van der Waals surface area contributed by atoms with Crippen molar-refractivity contribution in [2.24, 2.45) is 0 Å². The zero-order valence-corrected chi connectivity index (χ0v) is 13.4. The molecule has 2 heterocycles. The van der Waals surface area contributed by atoms with E-state index >= 15 is 0 Å². The number of carbonyl (C=O) groups is 1. The molecule has 6 nitrogen and oxygen atoms in total. The third kappa shape index (κ3) is 4.53. The zero-order valence-electron chi connectivity index (χ0n) is 12.6. The van der Waals surface area contributed by atoms with Crippen LogP contribution >= 0.6 is 11.6 Å². The van der Waals surface area contributed by atoms with Crippen LogP contribution in [0.2, 0.25) is 5.02 Å². The molecule has 2 aromatic rings. The molecule has 1 aromatic carbocycles. The van der Waals surface area contributed by atoms with Gasteiger partial charge < -0.3 is 14.6 Å². The van der Waals surface area contributed by atoms with Gasteiger partial charge in [0.05, 0.1) is 23.2 Å². The van der Waals surface area contributed by atoms with Gasteiger partial charge in [0.2, 0.25) is 11.8 Å². The van der Waals surface area contributed by atoms with Gasteiger partial charge in [-0.25, -0.2) is 0 Å². The van der Waals surface area contributed by atoms with E-state index in [-0.39, 0.29) is 18.4 Å². The van der Waals surface area contributed by atoms with Crippen LogP contribution in [0, 0.1) is 0 Å². The molecule has 0 bridgehead atoms. The molecule has 0 saturated carbocycles. The fourth-order valence-electron chi connectivity index (χ4n) is 2.52. The van der Waals surface area contributed by atoms with Crippen LogP contribution in [-0.2, 0) is 22.4 Å². The molecule has 122 valence electrons. The summed E-state index contributed by atoms with van der Waals surface area (Å²) in [6.07, 6.45) is 4.07. The Morgan fingerprint density at radius 1 is 1.39 bits per heavy atom. The van der Waals surface area contributed by atoms with Gasteiger partial charge >= 0.3 is 0 Å². The highest BCUT2D eigenvalue weighted by Crippen LogP contribution is 2.20. The van der Waals surface area contributed by atoms with E-state index < -0.39 is 0 Å². The van der Waals surface area contributed by atoms with Crippen LogP contribution in [0.15, 0.2) is 28.8 Å². The highest BCUT2D eigenvalue weighted by Gasteiger charge is 2.17. The monoisotopic (exact) mass is 335 g/mol. The molecule has 0 radical (unpaired) electrons. The summed E-state index contributed by atoms with van der Waals surface area (Å²) in [4.78, 5) is 16.2. The lowest BCUT2D eigenvalue weighted by atomic mass is 10.1. The van der Waals surface area contributed by atoms with Crippen molar-refractivity contribution in [2.75, 3.05) is 11.9 Å². The second kappa shape index (κ2) is 7.57. The molecule has 1 aromatic heterocycles. The summed E-state index contributed by atoms with van der Waals surface area (Å²) in [7, 11) is 0. The molecule has 0 unspecified atom stereocenters. The van der Waals surface area contributed by atoms with Crippen molar-refractivity contribution in [1.29, 1.82) is 0 Å². The standard InChI is InChI=1S/C16H18ClN3O3/c17-12-5-1-2-6-13(12)18-15(21)10-14-19-16(23-20-14)8-7-11-4-3-9-22-11/h1-2,5-6,11H,3-4,7-10H2,(H,18,21)/t11-/m1/s1. The van der Waals surface area contributed by atoms with Crippen LogP contribution in [0.25, 0.3) is 0 Å².